The van der Waals surface area contributed by atoms with Gasteiger partial charge in [0, 0.05) is 0 Å². The topological polar surface area (TPSA) is 83.8 Å². The second-order valence-corrected chi connectivity index (χ2v) is 5.30. The summed E-state index contributed by atoms with van der Waals surface area (Å²) in [7, 11) is 0. The van der Waals surface area contributed by atoms with Crippen molar-refractivity contribution in [2.45, 2.75) is 40.7 Å². The second-order valence-electron chi connectivity index (χ2n) is 5.30. The van der Waals surface area contributed by atoms with Crippen molar-refractivity contribution >= 4 is 5.91 Å². The van der Waals surface area contributed by atoms with Crippen molar-refractivity contribution in [2.75, 3.05) is 0 Å². The molecular weight excluding hydrogens is 256 g/mol. The zero-order valence-electron chi connectivity index (χ0n) is 12.4. The van der Waals surface area contributed by atoms with Crippen LogP contribution < -0.4 is 5.32 Å². The van der Waals surface area contributed by atoms with Crippen LogP contribution in [0.15, 0.2) is 10.5 Å². The van der Waals surface area contributed by atoms with Crippen molar-refractivity contribution in [1.82, 2.24) is 20.5 Å². The van der Waals surface area contributed by atoms with Crippen LogP contribution in [0.4, 0.5) is 0 Å². The van der Waals surface area contributed by atoms with Gasteiger partial charge in [-0.15, -0.1) is 0 Å². The third-order valence-electron chi connectivity index (χ3n) is 3.13. The summed E-state index contributed by atoms with van der Waals surface area (Å²) in [6.45, 7) is 9.47. The zero-order chi connectivity index (χ0) is 14.9. The first-order valence-corrected chi connectivity index (χ1v) is 6.65. The van der Waals surface area contributed by atoms with Crippen LogP contribution in [0.25, 0.3) is 0 Å². The summed E-state index contributed by atoms with van der Waals surface area (Å²) < 4.78 is 5.39. The van der Waals surface area contributed by atoms with Crippen LogP contribution in [0.2, 0.25) is 0 Å². The molecule has 0 aliphatic heterocycles. The number of carbonyl (C=O) groups excluding carboxylic acids is 1. The normalized spacial score (nSPS) is 12.7. The fourth-order valence-electron chi connectivity index (χ4n) is 2.10. The van der Waals surface area contributed by atoms with Crippen molar-refractivity contribution in [1.29, 1.82) is 0 Å². The summed E-state index contributed by atoms with van der Waals surface area (Å²) >= 11 is 0. The maximum atomic E-state index is 12.3. The van der Waals surface area contributed by atoms with E-state index in [4.69, 9.17) is 4.42 Å². The summed E-state index contributed by atoms with van der Waals surface area (Å²) in [5.41, 5.74) is 0.556. The van der Waals surface area contributed by atoms with Gasteiger partial charge < -0.3 is 9.73 Å². The molecule has 2 N–H and O–H groups in total. The van der Waals surface area contributed by atoms with Crippen molar-refractivity contribution < 1.29 is 9.21 Å². The maximum absolute atomic E-state index is 12.3. The summed E-state index contributed by atoms with van der Waals surface area (Å²) in [6, 6.07) is 1.51. The first-order chi connectivity index (χ1) is 9.38. The fraction of sp³-hybridized carbons (Fsp3) is 0.500. The van der Waals surface area contributed by atoms with Crippen LogP contribution in [-0.2, 0) is 0 Å². The van der Waals surface area contributed by atoms with Gasteiger partial charge in [0.2, 0.25) is 0 Å². The average molecular weight is 276 g/mol. The molecule has 0 fully saturated rings. The molecule has 0 saturated carbocycles. The SMILES string of the molecule is Cc1nc([C@H](NC(=O)c2cc(C)oc2C)C(C)C)n[nH]1. The van der Waals surface area contributed by atoms with Crippen molar-refractivity contribution in [3.8, 4) is 0 Å². The molecule has 0 aromatic carbocycles. The Labute approximate surface area is 118 Å². The maximum Gasteiger partial charge on any atom is 0.255 e. The first-order valence-electron chi connectivity index (χ1n) is 6.65. The van der Waals surface area contributed by atoms with Gasteiger partial charge in [0.15, 0.2) is 5.82 Å². The Hall–Kier alpha value is -2.11. The standard InChI is InChI=1S/C14H20N4O2/c1-7(2)12(13-15-10(5)17-18-13)16-14(19)11-6-8(3)20-9(11)4/h6-7,12H,1-5H3,(H,16,19)(H,15,17,18)/t12-/m1/s1. The van der Waals surface area contributed by atoms with Gasteiger partial charge in [-0.2, -0.15) is 5.10 Å². The van der Waals surface area contributed by atoms with E-state index in [0.717, 1.165) is 11.6 Å². The lowest BCUT2D eigenvalue weighted by molar-refractivity contribution is 0.0921. The highest BCUT2D eigenvalue weighted by Gasteiger charge is 2.24. The molecule has 20 heavy (non-hydrogen) atoms. The van der Waals surface area contributed by atoms with E-state index in [1.807, 2.05) is 27.7 Å². The second kappa shape index (κ2) is 5.48. The molecule has 0 bridgehead atoms. The molecule has 1 atom stereocenters. The third kappa shape index (κ3) is 2.89. The highest BCUT2D eigenvalue weighted by Crippen LogP contribution is 2.20. The number of aromatic amines is 1. The van der Waals surface area contributed by atoms with Gasteiger partial charge >= 0.3 is 0 Å². The highest BCUT2D eigenvalue weighted by atomic mass is 16.3. The van der Waals surface area contributed by atoms with Crippen LogP contribution in [0.1, 0.15) is 53.4 Å². The molecule has 1 amide bonds. The molecule has 0 spiro atoms. The number of hydrogen-bond acceptors (Lipinski definition) is 4. The number of aryl methyl sites for hydroxylation is 3. The van der Waals surface area contributed by atoms with E-state index in [0.29, 0.717) is 17.1 Å². The largest absolute Gasteiger partial charge is 0.466 e. The highest BCUT2D eigenvalue weighted by molar-refractivity contribution is 5.95. The minimum atomic E-state index is -0.234. The molecule has 0 aliphatic rings. The fourth-order valence-corrected chi connectivity index (χ4v) is 2.10. The molecule has 2 heterocycles. The molecule has 0 radical (unpaired) electrons. The van der Waals surface area contributed by atoms with Crippen LogP contribution in [0, 0.1) is 26.7 Å². The van der Waals surface area contributed by atoms with E-state index in [2.05, 4.69) is 20.5 Å². The summed E-state index contributed by atoms with van der Waals surface area (Å²) in [4.78, 5) is 16.6. The van der Waals surface area contributed by atoms with Gasteiger partial charge in [0.25, 0.3) is 5.91 Å². The van der Waals surface area contributed by atoms with Crippen molar-refractivity contribution in [3.05, 3.63) is 34.8 Å². The van der Waals surface area contributed by atoms with Crippen molar-refractivity contribution in [3.63, 3.8) is 0 Å². The Bertz CT molecular complexity index is 612. The van der Waals surface area contributed by atoms with Gasteiger partial charge in [-0.25, -0.2) is 4.98 Å². The smallest absolute Gasteiger partial charge is 0.255 e. The zero-order valence-corrected chi connectivity index (χ0v) is 12.4. The Balaban J connectivity index is 2.21. The van der Waals surface area contributed by atoms with E-state index < -0.39 is 0 Å². The number of hydrogen-bond donors (Lipinski definition) is 2. The average Bonchev–Trinajstić information content (AvgIpc) is 2.91. The number of H-pyrrole nitrogens is 1. The molecule has 2 aromatic rings. The first kappa shape index (κ1) is 14.3. The molecule has 6 heteroatoms. The summed E-state index contributed by atoms with van der Waals surface area (Å²) in [5.74, 6) is 2.69. The number of carbonyl (C=O) groups is 1. The Morgan fingerprint density at radius 2 is 2.05 bits per heavy atom. The third-order valence-corrected chi connectivity index (χ3v) is 3.13. The lowest BCUT2D eigenvalue weighted by Gasteiger charge is -2.19. The Morgan fingerprint density at radius 3 is 2.50 bits per heavy atom. The molecular formula is C14H20N4O2. The number of aromatic nitrogens is 3. The van der Waals surface area contributed by atoms with E-state index in [1.54, 1.807) is 13.0 Å². The van der Waals surface area contributed by atoms with Gasteiger partial charge in [0.05, 0.1) is 11.6 Å². The predicted molar refractivity (Wildman–Crippen MR) is 74.3 cm³/mol. The van der Waals surface area contributed by atoms with Crippen LogP contribution in [0.5, 0.6) is 0 Å². The van der Waals surface area contributed by atoms with E-state index in [9.17, 15) is 4.79 Å². The monoisotopic (exact) mass is 276 g/mol. The minimum absolute atomic E-state index is 0.166. The lowest BCUT2D eigenvalue weighted by Crippen LogP contribution is -2.32. The van der Waals surface area contributed by atoms with E-state index in [-0.39, 0.29) is 17.9 Å². The molecule has 0 aliphatic carbocycles. The molecule has 0 saturated heterocycles. The van der Waals surface area contributed by atoms with Gasteiger partial charge in [0.1, 0.15) is 17.3 Å². The number of amides is 1. The van der Waals surface area contributed by atoms with E-state index in [1.165, 1.54) is 0 Å². The number of furan rings is 1. The Kier molecular flexibility index (Phi) is 3.92. The summed E-state index contributed by atoms with van der Waals surface area (Å²) in [5, 5.41) is 9.91. The quantitative estimate of drug-likeness (QED) is 0.898. The minimum Gasteiger partial charge on any atom is -0.466 e. The van der Waals surface area contributed by atoms with Gasteiger partial charge in [-0.3, -0.25) is 9.89 Å². The molecule has 0 unspecified atom stereocenters. The Morgan fingerprint density at radius 1 is 1.35 bits per heavy atom. The van der Waals surface area contributed by atoms with Crippen molar-refractivity contribution in [2.24, 2.45) is 5.92 Å². The molecule has 108 valence electrons. The van der Waals surface area contributed by atoms with Crippen LogP contribution in [-0.4, -0.2) is 21.1 Å². The van der Waals surface area contributed by atoms with Gasteiger partial charge in [-0.05, 0) is 32.8 Å². The number of nitrogens with zero attached hydrogens (tertiary/aromatic N) is 2. The van der Waals surface area contributed by atoms with Gasteiger partial charge in [-0.1, -0.05) is 13.8 Å². The molecule has 2 aromatic heterocycles. The molecule has 6 nitrogen and oxygen atoms in total. The number of nitrogens with one attached hydrogen (secondary N) is 2. The number of rotatable bonds is 4. The van der Waals surface area contributed by atoms with E-state index >= 15 is 0 Å². The van der Waals surface area contributed by atoms with Crippen LogP contribution >= 0.6 is 0 Å². The summed E-state index contributed by atoms with van der Waals surface area (Å²) in [6.07, 6.45) is 0. The predicted octanol–water partition coefficient (Wildman–Crippen LogP) is 2.45. The lowest BCUT2D eigenvalue weighted by atomic mass is 10.0. The molecule has 2 rings (SSSR count). The van der Waals surface area contributed by atoms with Crippen LogP contribution in [0.3, 0.4) is 0 Å².